The number of hydrogen-bond donors (Lipinski definition) is 2. The maximum absolute atomic E-state index is 5.74. The third kappa shape index (κ3) is 2.91. The van der Waals surface area contributed by atoms with E-state index in [2.05, 4.69) is 41.6 Å². The SMILES string of the molecule is CCc1cc(CC(NN)c2cc(C)nn2C)n(CC)n1. The predicted octanol–water partition coefficient (Wildman–Crippen LogP) is 1.25. The van der Waals surface area contributed by atoms with Gasteiger partial charge in [0.2, 0.25) is 0 Å². The molecule has 2 aromatic heterocycles. The van der Waals surface area contributed by atoms with Gasteiger partial charge in [-0.15, -0.1) is 0 Å². The first-order valence-electron chi connectivity index (χ1n) is 7.11. The average molecular weight is 276 g/mol. The first-order valence-corrected chi connectivity index (χ1v) is 7.11. The number of rotatable bonds is 6. The van der Waals surface area contributed by atoms with Crippen molar-refractivity contribution >= 4 is 0 Å². The monoisotopic (exact) mass is 276 g/mol. The third-order valence-electron chi connectivity index (χ3n) is 3.59. The Kier molecular flexibility index (Phi) is 4.57. The van der Waals surface area contributed by atoms with E-state index in [1.165, 1.54) is 5.69 Å². The minimum Gasteiger partial charge on any atom is -0.271 e. The smallest absolute Gasteiger partial charge is 0.0684 e. The second-order valence-electron chi connectivity index (χ2n) is 5.05. The van der Waals surface area contributed by atoms with Gasteiger partial charge in [-0.25, -0.2) is 0 Å². The normalized spacial score (nSPS) is 12.8. The quantitative estimate of drug-likeness (QED) is 0.615. The van der Waals surface area contributed by atoms with Crippen molar-refractivity contribution in [2.45, 2.75) is 46.2 Å². The van der Waals surface area contributed by atoms with Crippen LogP contribution in [0.4, 0.5) is 0 Å². The van der Waals surface area contributed by atoms with Crippen molar-refractivity contribution in [1.29, 1.82) is 0 Å². The summed E-state index contributed by atoms with van der Waals surface area (Å²) < 4.78 is 3.93. The highest BCUT2D eigenvalue weighted by atomic mass is 15.3. The van der Waals surface area contributed by atoms with E-state index in [1.807, 2.05) is 23.3 Å². The zero-order valence-corrected chi connectivity index (χ0v) is 12.7. The lowest BCUT2D eigenvalue weighted by molar-refractivity contribution is 0.486. The molecule has 1 unspecified atom stereocenters. The van der Waals surface area contributed by atoms with Gasteiger partial charge in [0, 0.05) is 25.7 Å². The van der Waals surface area contributed by atoms with Gasteiger partial charge in [0.15, 0.2) is 0 Å². The molecule has 2 aromatic rings. The molecule has 6 nitrogen and oxygen atoms in total. The molecular formula is C14H24N6. The zero-order valence-electron chi connectivity index (χ0n) is 12.7. The van der Waals surface area contributed by atoms with Crippen LogP contribution in [0.25, 0.3) is 0 Å². The van der Waals surface area contributed by atoms with E-state index in [4.69, 9.17) is 5.84 Å². The fraction of sp³-hybridized carbons (Fsp3) is 0.571. The van der Waals surface area contributed by atoms with Crippen LogP contribution in [0, 0.1) is 6.92 Å². The molecule has 0 radical (unpaired) electrons. The Morgan fingerprint density at radius 2 is 2.05 bits per heavy atom. The van der Waals surface area contributed by atoms with Gasteiger partial charge in [-0.3, -0.25) is 20.6 Å². The maximum atomic E-state index is 5.74. The third-order valence-corrected chi connectivity index (χ3v) is 3.59. The molecule has 2 rings (SSSR count). The minimum atomic E-state index is 0.0351. The summed E-state index contributed by atoms with van der Waals surface area (Å²) in [5, 5.41) is 8.97. The van der Waals surface area contributed by atoms with Crippen LogP contribution < -0.4 is 11.3 Å². The maximum Gasteiger partial charge on any atom is 0.0684 e. The van der Waals surface area contributed by atoms with Crippen molar-refractivity contribution < 1.29 is 0 Å². The topological polar surface area (TPSA) is 73.7 Å². The summed E-state index contributed by atoms with van der Waals surface area (Å²) in [6, 6.07) is 4.27. The highest BCUT2D eigenvalue weighted by Gasteiger charge is 2.18. The average Bonchev–Trinajstić information content (AvgIpc) is 2.98. The summed E-state index contributed by atoms with van der Waals surface area (Å²) >= 11 is 0. The molecule has 0 aliphatic carbocycles. The first kappa shape index (κ1) is 14.7. The number of aryl methyl sites for hydroxylation is 4. The van der Waals surface area contributed by atoms with E-state index in [1.54, 1.807) is 0 Å². The number of nitrogens with two attached hydrogens (primary N) is 1. The van der Waals surface area contributed by atoms with Crippen LogP contribution in [-0.2, 0) is 26.4 Å². The van der Waals surface area contributed by atoms with Crippen LogP contribution in [0.5, 0.6) is 0 Å². The largest absolute Gasteiger partial charge is 0.271 e. The fourth-order valence-electron chi connectivity index (χ4n) is 2.54. The van der Waals surface area contributed by atoms with Crippen molar-refractivity contribution in [3.63, 3.8) is 0 Å². The standard InChI is InChI=1S/C14H24N6/c1-5-11-8-12(20(6-2)18-11)9-13(16-15)14-7-10(3)17-19(14)4/h7-8,13,16H,5-6,9,15H2,1-4H3. The lowest BCUT2D eigenvalue weighted by Crippen LogP contribution is -2.31. The zero-order chi connectivity index (χ0) is 14.7. The van der Waals surface area contributed by atoms with Crippen molar-refractivity contribution in [1.82, 2.24) is 25.0 Å². The van der Waals surface area contributed by atoms with Gasteiger partial charge in [-0.2, -0.15) is 10.2 Å². The lowest BCUT2D eigenvalue weighted by Gasteiger charge is -2.16. The summed E-state index contributed by atoms with van der Waals surface area (Å²) in [4.78, 5) is 0. The molecule has 0 aliphatic heterocycles. The Hall–Kier alpha value is -1.66. The van der Waals surface area contributed by atoms with E-state index in [9.17, 15) is 0 Å². The van der Waals surface area contributed by atoms with Gasteiger partial charge in [0.25, 0.3) is 0 Å². The molecule has 3 N–H and O–H groups in total. The summed E-state index contributed by atoms with van der Waals surface area (Å²) in [5.74, 6) is 5.74. The molecule has 110 valence electrons. The fourth-order valence-corrected chi connectivity index (χ4v) is 2.54. The van der Waals surface area contributed by atoms with Crippen LogP contribution in [0.3, 0.4) is 0 Å². The molecule has 0 bridgehead atoms. The van der Waals surface area contributed by atoms with E-state index in [-0.39, 0.29) is 6.04 Å². The molecule has 0 saturated carbocycles. The lowest BCUT2D eigenvalue weighted by atomic mass is 10.1. The Balaban J connectivity index is 2.26. The molecular weight excluding hydrogens is 252 g/mol. The highest BCUT2D eigenvalue weighted by molar-refractivity contribution is 5.18. The molecule has 0 saturated heterocycles. The van der Waals surface area contributed by atoms with Gasteiger partial charge >= 0.3 is 0 Å². The van der Waals surface area contributed by atoms with Gasteiger partial charge in [0.1, 0.15) is 0 Å². The Bertz CT molecular complexity index is 568. The van der Waals surface area contributed by atoms with Crippen LogP contribution in [-0.4, -0.2) is 19.6 Å². The molecule has 0 aliphatic rings. The molecule has 2 heterocycles. The first-order chi connectivity index (χ1) is 9.58. The van der Waals surface area contributed by atoms with Gasteiger partial charge in [-0.05, 0) is 32.4 Å². The van der Waals surface area contributed by atoms with Gasteiger partial charge in [-0.1, -0.05) is 6.92 Å². The van der Waals surface area contributed by atoms with E-state index in [0.29, 0.717) is 0 Å². The van der Waals surface area contributed by atoms with Gasteiger partial charge in [0.05, 0.1) is 23.1 Å². The summed E-state index contributed by atoms with van der Waals surface area (Å²) in [5.41, 5.74) is 7.31. The highest BCUT2D eigenvalue weighted by Crippen LogP contribution is 2.19. The Labute approximate surface area is 119 Å². The molecule has 0 aromatic carbocycles. The number of aromatic nitrogens is 4. The molecule has 20 heavy (non-hydrogen) atoms. The number of nitrogens with zero attached hydrogens (tertiary/aromatic N) is 4. The molecule has 6 heteroatoms. The van der Waals surface area contributed by atoms with Crippen molar-refractivity contribution in [2.24, 2.45) is 12.9 Å². The predicted molar refractivity (Wildman–Crippen MR) is 79.0 cm³/mol. The van der Waals surface area contributed by atoms with Crippen molar-refractivity contribution in [3.8, 4) is 0 Å². The molecule has 0 spiro atoms. The molecule has 0 fully saturated rings. The van der Waals surface area contributed by atoms with Crippen molar-refractivity contribution in [3.05, 3.63) is 34.9 Å². The number of nitrogens with one attached hydrogen (secondary N) is 1. The van der Waals surface area contributed by atoms with Crippen molar-refractivity contribution in [2.75, 3.05) is 0 Å². The summed E-state index contributed by atoms with van der Waals surface area (Å²) in [7, 11) is 1.95. The minimum absolute atomic E-state index is 0.0351. The second-order valence-corrected chi connectivity index (χ2v) is 5.05. The van der Waals surface area contributed by atoms with Crippen LogP contribution >= 0.6 is 0 Å². The Morgan fingerprint density at radius 3 is 2.55 bits per heavy atom. The molecule has 1 atom stereocenters. The van der Waals surface area contributed by atoms with Gasteiger partial charge < -0.3 is 0 Å². The summed E-state index contributed by atoms with van der Waals surface area (Å²) in [6.07, 6.45) is 1.75. The molecule has 0 amide bonds. The Morgan fingerprint density at radius 1 is 1.30 bits per heavy atom. The second kappa shape index (κ2) is 6.19. The van der Waals surface area contributed by atoms with Crippen LogP contribution in [0.1, 0.15) is 42.7 Å². The van der Waals surface area contributed by atoms with E-state index >= 15 is 0 Å². The number of hydrogen-bond acceptors (Lipinski definition) is 4. The summed E-state index contributed by atoms with van der Waals surface area (Å²) in [6.45, 7) is 7.09. The van der Waals surface area contributed by atoms with Crippen LogP contribution in [0.2, 0.25) is 0 Å². The number of hydrazine groups is 1. The van der Waals surface area contributed by atoms with E-state index < -0.39 is 0 Å². The van der Waals surface area contributed by atoms with Crippen LogP contribution in [0.15, 0.2) is 12.1 Å². The van der Waals surface area contributed by atoms with E-state index in [0.717, 1.165) is 36.5 Å².